The van der Waals surface area contributed by atoms with E-state index in [-0.39, 0.29) is 17.7 Å². The van der Waals surface area contributed by atoms with Crippen LogP contribution in [0, 0.1) is 0 Å². The first-order valence-electron chi connectivity index (χ1n) is 8.00. The molecule has 26 heavy (non-hydrogen) atoms. The standard InChI is InChI=1S/C19H15BrN2O3S/c1-24-13-5-2-4-12(10-13)15-11-14(17-6-3-9-26-17)21-22(15)19(23)16-7-8-18(20)25-16/h2-10,15H,11H2,1H3/t15-/m0/s1. The molecule has 7 heteroatoms. The number of rotatable bonds is 4. The Bertz CT molecular complexity index is 965. The van der Waals surface area contributed by atoms with E-state index in [1.165, 1.54) is 5.01 Å². The second-order valence-electron chi connectivity index (χ2n) is 5.77. The maximum absolute atomic E-state index is 13.0. The molecule has 2 aromatic heterocycles. The van der Waals surface area contributed by atoms with Crippen molar-refractivity contribution in [1.29, 1.82) is 0 Å². The smallest absolute Gasteiger partial charge is 0.310 e. The lowest BCUT2D eigenvalue weighted by atomic mass is 10.0. The molecule has 0 N–H and O–H groups in total. The first-order valence-corrected chi connectivity index (χ1v) is 9.67. The van der Waals surface area contributed by atoms with Crippen LogP contribution in [0.4, 0.5) is 0 Å². The van der Waals surface area contributed by atoms with E-state index in [1.54, 1.807) is 30.6 Å². The number of halogens is 1. The summed E-state index contributed by atoms with van der Waals surface area (Å²) in [5, 5.41) is 8.14. The highest BCUT2D eigenvalue weighted by Gasteiger charge is 2.35. The van der Waals surface area contributed by atoms with Crippen molar-refractivity contribution in [3.8, 4) is 5.75 Å². The Kier molecular flexibility index (Phi) is 4.65. The van der Waals surface area contributed by atoms with E-state index < -0.39 is 0 Å². The van der Waals surface area contributed by atoms with Crippen LogP contribution in [-0.4, -0.2) is 23.7 Å². The average molecular weight is 431 g/mol. The predicted octanol–water partition coefficient (Wildman–Crippen LogP) is 5.10. The number of hydrogen-bond acceptors (Lipinski definition) is 5. The van der Waals surface area contributed by atoms with Gasteiger partial charge in [-0.05, 0) is 57.2 Å². The molecule has 0 unspecified atom stereocenters. The van der Waals surface area contributed by atoms with Crippen molar-refractivity contribution in [3.05, 3.63) is 74.8 Å². The molecule has 1 atom stereocenters. The summed E-state index contributed by atoms with van der Waals surface area (Å²) in [6.45, 7) is 0. The molecule has 1 aliphatic heterocycles. The third-order valence-electron chi connectivity index (χ3n) is 4.19. The summed E-state index contributed by atoms with van der Waals surface area (Å²) in [6, 6.07) is 14.9. The van der Waals surface area contributed by atoms with Gasteiger partial charge in [0.15, 0.2) is 10.4 Å². The highest BCUT2D eigenvalue weighted by Crippen LogP contribution is 2.36. The number of benzene rings is 1. The van der Waals surface area contributed by atoms with Gasteiger partial charge in [0.2, 0.25) is 0 Å². The second-order valence-corrected chi connectivity index (χ2v) is 7.50. The highest BCUT2D eigenvalue weighted by atomic mass is 79.9. The molecule has 0 bridgehead atoms. The van der Waals surface area contributed by atoms with Crippen molar-refractivity contribution in [2.75, 3.05) is 7.11 Å². The molecule has 3 heterocycles. The fourth-order valence-electron chi connectivity index (χ4n) is 2.94. The normalized spacial score (nSPS) is 16.6. The van der Waals surface area contributed by atoms with Crippen LogP contribution in [0.5, 0.6) is 5.75 Å². The zero-order valence-electron chi connectivity index (χ0n) is 13.9. The van der Waals surface area contributed by atoms with Crippen LogP contribution in [0.3, 0.4) is 0 Å². The van der Waals surface area contributed by atoms with Crippen molar-refractivity contribution >= 4 is 38.9 Å². The van der Waals surface area contributed by atoms with Crippen LogP contribution in [0.2, 0.25) is 0 Å². The Hall–Kier alpha value is -2.38. The SMILES string of the molecule is COc1cccc([C@@H]2CC(c3cccs3)=NN2C(=O)c2ccc(Br)o2)c1. The van der Waals surface area contributed by atoms with Gasteiger partial charge in [-0.3, -0.25) is 4.79 Å². The van der Waals surface area contributed by atoms with Gasteiger partial charge in [0, 0.05) is 6.42 Å². The Morgan fingerprint density at radius 3 is 2.88 bits per heavy atom. The monoisotopic (exact) mass is 430 g/mol. The van der Waals surface area contributed by atoms with Crippen molar-refractivity contribution in [2.45, 2.75) is 12.5 Å². The van der Waals surface area contributed by atoms with E-state index in [9.17, 15) is 4.79 Å². The number of methoxy groups -OCH3 is 1. The molecule has 0 saturated carbocycles. The highest BCUT2D eigenvalue weighted by molar-refractivity contribution is 9.10. The van der Waals surface area contributed by atoms with Crippen molar-refractivity contribution in [3.63, 3.8) is 0 Å². The van der Waals surface area contributed by atoms with E-state index in [1.807, 2.05) is 41.8 Å². The van der Waals surface area contributed by atoms with Gasteiger partial charge < -0.3 is 9.15 Å². The maximum atomic E-state index is 13.0. The Labute approximate surface area is 163 Å². The molecule has 5 nitrogen and oxygen atoms in total. The summed E-state index contributed by atoms with van der Waals surface area (Å²) >= 11 is 4.86. The molecule has 4 rings (SSSR count). The van der Waals surface area contributed by atoms with Crippen LogP contribution in [-0.2, 0) is 0 Å². The summed E-state index contributed by atoms with van der Waals surface area (Å²) < 4.78 is 11.3. The zero-order valence-corrected chi connectivity index (χ0v) is 16.3. The summed E-state index contributed by atoms with van der Waals surface area (Å²) in [4.78, 5) is 14.1. The number of hydrogen-bond donors (Lipinski definition) is 0. The third-order valence-corrected chi connectivity index (χ3v) is 5.53. The minimum Gasteiger partial charge on any atom is -0.497 e. The number of carbonyl (C=O) groups excluding carboxylic acids is 1. The number of ether oxygens (including phenoxy) is 1. The maximum Gasteiger partial charge on any atom is 0.310 e. The summed E-state index contributed by atoms with van der Waals surface area (Å²) in [7, 11) is 1.63. The lowest BCUT2D eigenvalue weighted by Gasteiger charge is -2.21. The first kappa shape index (κ1) is 17.1. The number of amides is 1. The lowest BCUT2D eigenvalue weighted by Crippen LogP contribution is -2.26. The van der Waals surface area contributed by atoms with Crippen molar-refractivity contribution in [2.24, 2.45) is 5.10 Å². The number of thiophene rings is 1. The second kappa shape index (κ2) is 7.09. The van der Waals surface area contributed by atoms with Crippen molar-refractivity contribution < 1.29 is 13.9 Å². The summed E-state index contributed by atoms with van der Waals surface area (Å²) in [5.74, 6) is 0.733. The molecular formula is C19H15BrN2O3S. The minimum atomic E-state index is -0.268. The Morgan fingerprint density at radius 2 is 2.19 bits per heavy atom. The molecule has 1 amide bonds. The Morgan fingerprint density at radius 1 is 1.31 bits per heavy atom. The topological polar surface area (TPSA) is 55.0 Å². The summed E-state index contributed by atoms with van der Waals surface area (Å²) in [5.41, 5.74) is 1.87. The molecule has 0 aliphatic carbocycles. The quantitative estimate of drug-likeness (QED) is 0.578. The van der Waals surface area contributed by atoms with Crippen LogP contribution in [0.1, 0.15) is 33.5 Å². The van der Waals surface area contributed by atoms with Crippen LogP contribution < -0.4 is 4.74 Å². The van der Waals surface area contributed by atoms with E-state index in [0.29, 0.717) is 11.1 Å². The molecule has 1 aromatic carbocycles. The molecule has 0 fully saturated rings. The van der Waals surface area contributed by atoms with E-state index >= 15 is 0 Å². The first-order chi connectivity index (χ1) is 12.7. The van der Waals surface area contributed by atoms with Gasteiger partial charge in [0.25, 0.3) is 0 Å². The number of nitrogens with zero attached hydrogens (tertiary/aromatic N) is 2. The molecule has 0 radical (unpaired) electrons. The predicted molar refractivity (Wildman–Crippen MR) is 104 cm³/mol. The number of furan rings is 1. The van der Waals surface area contributed by atoms with E-state index in [4.69, 9.17) is 9.15 Å². The van der Waals surface area contributed by atoms with Gasteiger partial charge in [-0.15, -0.1) is 11.3 Å². The van der Waals surface area contributed by atoms with Crippen LogP contribution in [0.15, 0.2) is 68.1 Å². The lowest BCUT2D eigenvalue weighted by molar-refractivity contribution is 0.0677. The average Bonchev–Trinajstić information content (AvgIpc) is 3.40. The van der Waals surface area contributed by atoms with E-state index in [0.717, 1.165) is 21.9 Å². The van der Waals surface area contributed by atoms with Crippen molar-refractivity contribution in [1.82, 2.24) is 5.01 Å². The molecular weight excluding hydrogens is 416 g/mol. The molecule has 3 aromatic rings. The number of hydrazone groups is 1. The largest absolute Gasteiger partial charge is 0.497 e. The van der Waals surface area contributed by atoms with Crippen LogP contribution in [0.25, 0.3) is 0 Å². The van der Waals surface area contributed by atoms with Gasteiger partial charge in [-0.25, -0.2) is 5.01 Å². The fourth-order valence-corrected chi connectivity index (χ4v) is 3.97. The minimum absolute atomic E-state index is 0.210. The Balaban J connectivity index is 1.72. The fraction of sp³-hybridized carbons (Fsp3) is 0.158. The van der Waals surface area contributed by atoms with Crippen LogP contribution >= 0.6 is 27.3 Å². The van der Waals surface area contributed by atoms with Gasteiger partial charge in [0.05, 0.1) is 23.7 Å². The molecule has 132 valence electrons. The zero-order chi connectivity index (χ0) is 18.1. The van der Waals surface area contributed by atoms with Gasteiger partial charge in [-0.2, -0.15) is 5.10 Å². The number of carbonyl (C=O) groups is 1. The third kappa shape index (κ3) is 3.20. The summed E-state index contributed by atoms with van der Waals surface area (Å²) in [6.07, 6.45) is 0.640. The van der Waals surface area contributed by atoms with E-state index in [2.05, 4.69) is 21.0 Å². The van der Waals surface area contributed by atoms with Gasteiger partial charge >= 0.3 is 5.91 Å². The molecule has 0 saturated heterocycles. The van der Waals surface area contributed by atoms with Gasteiger partial charge in [-0.1, -0.05) is 18.2 Å². The molecule has 0 spiro atoms. The van der Waals surface area contributed by atoms with Gasteiger partial charge in [0.1, 0.15) is 5.75 Å². The molecule has 1 aliphatic rings.